The zero-order valence-electron chi connectivity index (χ0n) is 9.50. The molecule has 0 spiro atoms. The molecular weight excluding hydrogens is 226 g/mol. The summed E-state index contributed by atoms with van der Waals surface area (Å²) in [5, 5.41) is 20.1. The monoisotopic (exact) mass is 243 g/mol. The van der Waals surface area contributed by atoms with Gasteiger partial charge in [-0.2, -0.15) is 0 Å². The van der Waals surface area contributed by atoms with Gasteiger partial charge in [-0.1, -0.05) is 30.3 Å². The second-order valence-electron chi connectivity index (χ2n) is 3.90. The van der Waals surface area contributed by atoms with Crippen LogP contribution in [0.25, 0.3) is 0 Å². The summed E-state index contributed by atoms with van der Waals surface area (Å²) in [6.07, 6.45) is 0.517. The van der Waals surface area contributed by atoms with Crippen LogP contribution in [0.2, 0.25) is 0 Å². The maximum atomic E-state index is 8.48. The molecule has 0 aromatic carbocycles. The fourth-order valence-corrected chi connectivity index (χ4v) is 1.91. The molecule has 1 rings (SSSR count). The molecule has 0 aliphatic heterocycles. The summed E-state index contributed by atoms with van der Waals surface area (Å²) in [6, 6.07) is 0. The van der Waals surface area contributed by atoms with Crippen LogP contribution in [0.4, 0.5) is 5.13 Å². The van der Waals surface area contributed by atoms with Gasteiger partial charge in [0.25, 0.3) is 0 Å². The molecule has 0 aliphatic rings. The highest BCUT2D eigenvalue weighted by Gasteiger charge is 2.12. The van der Waals surface area contributed by atoms with Crippen LogP contribution in [0.5, 0.6) is 0 Å². The third-order valence-corrected chi connectivity index (χ3v) is 2.72. The van der Waals surface area contributed by atoms with Crippen molar-refractivity contribution in [2.24, 2.45) is 16.8 Å². The lowest BCUT2D eigenvalue weighted by Gasteiger charge is -2.22. The van der Waals surface area contributed by atoms with Gasteiger partial charge in [0, 0.05) is 19.5 Å². The Bertz CT molecular complexity index is 325. The lowest BCUT2D eigenvalue weighted by atomic mass is 10.2. The molecule has 90 valence electrons. The number of aromatic nitrogens is 2. The molecule has 0 bridgehead atoms. The van der Waals surface area contributed by atoms with Crippen LogP contribution in [-0.2, 0) is 0 Å². The largest absolute Gasteiger partial charge is 0.409 e. The first-order chi connectivity index (χ1) is 7.63. The van der Waals surface area contributed by atoms with E-state index in [4.69, 9.17) is 10.9 Å². The minimum absolute atomic E-state index is 0.235. The highest BCUT2D eigenvalue weighted by Crippen LogP contribution is 2.17. The number of nitrogens with zero attached hydrogens (tertiary/aromatic N) is 4. The van der Waals surface area contributed by atoms with Crippen molar-refractivity contribution in [3.05, 3.63) is 5.51 Å². The van der Waals surface area contributed by atoms with Crippen molar-refractivity contribution in [2.45, 2.75) is 20.3 Å². The van der Waals surface area contributed by atoms with E-state index in [-0.39, 0.29) is 5.84 Å². The van der Waals surface area contributed by atoms with Gasteiger partial charge in [-0.15, -0.1) is 10.2 Å². The van der Waals surface area contributed by atoms with E-state index >= 15 is 0 Å². The van der Waals surface area contributed by atoms with Crippen LogP contribution in [0.15, 0.2) is 10.7 Å². The van der Waals surface area contributed by atoms with Gasteiger partial charge in [-0.25, -0.2) is 0 Å². The highest BCUT2D eigenvalue weighted by molar-refractivity contribution is 7.13. The van der Waals surface area contributed by atoms with E-state index in [1.807, 2.05) is 0 Å². The highest BCUT2D eigenvalue weighted by atomic mass is 32.1. The molecule has 0 radical (unpaired) electrons. The summed E-state index contributed by atoms with van der Waals surface area (Å²) >= 11 is 1.49. The van der Waals surface area contributed by atoms with Crippen LogP contribution in [-0.4, -0.2) is 34.3 Å². The predicted molar refractivity (Wildman–Crippen MR) is 65.0 cm³/mol. The van der Waals surface area contributed by atoms with Gasteiger partial charge in [-0.05, 0) is 5.92 Å². The van der Waals surface area contributed by atoms with Gasteiger partial charge in [0.2, 0.25) is 5.13 Å². The van der Waals surface area contributed by atoms with Gasteiger partial charge in [0.05, 0.1) is 0 Å². The summed E-state index contributed by atoms with van der Waals surface area (Å²) in [5.74, 6) is 0.759. The first kappa shape index (κ1) is 12.7. The average Bonchev–Trinajstić information content (AvgIpc) is 2.76. The fraction of sp³-hybridized carbons (Fsp3) is 0.667. The number of hydrogen-bond acceptors (Lipinski definition) is 6. The van der Waals surface area contributed by atoms with E-state index in [2.05, 4.69) is 34.1 Å². The molecule has 0 aliphatic carbocycles. The van der Waals surface area contributed by atoms with Crippen molar-refractivity contribution < 1.29 is 5.21 Å². The molecule has 0 fully saturated rings. The third kappa shape index (κ3) is 4.01. The van der Waals surface area contributed by atoms with Crippen molar-refractivity contribution in [1.82, 2.24) is 10.2 Å². The molecule has 0 amide bonds. The lowest BCUT2D eigenvalue weighted by Crippen LogP contribution is -2.31. The Balaban J connectivity index is 2.58. The quantitative estimate of drug-likeness (QED) is 0.338. The van der Waals surface area contributed by atoms with Gasteiger partial charge < -0.3 is 15.8 Å². The first-order valence-electron chi connectivity index (χ1n) is 5.11. The summed E-state index contributed by atoms with van der Waals surface area (Å²) in [7, 11) is 0. The number of amidine groups is 1. The zero-order chi connectivity index (χ0) is 12.0. The number of rotatable bonds is 6. The van der Waals surface area contributed by atoms with Gasteiger partial charge in [-0.3, -0.25) is 0 Å². The van der Waals surface area contributed by atoms with Crippen LogP contribution in [0.1, 0.15) is 20.3 Å². The van der Waals surface area contributed by atoms with E-state index < -0.39 is 0 Å². The topological polar surface area (TPSA) is 87.6 Å². The molecule has 1 aromatic heterocycles. The van der Waals surface area contributed by atoms with E-state index in [1.54, 1.807) is 5.51 Å². The minimum Gasteiger partial charge on any atom is -0.409 e. The third-order valence-electron chi connectivity index (χ3n) is 1.97. The number of oxime groups is 1. The van der Waals surface area contributed by atoms with Crippen molar-refractivity contribution in [1.29, 1.82) is 0 Å². The normalized spacial score (nSPS) is 12.1. The van der Waals surface area contributed by atoms with Gasteiger partial charge in [0.1, 0.15) is 11.3 Å². The van der Waals surface area contributed by atoms with Crippen molar-refractivity contribution >= 4 is 22.3 Å². The molecule has 0 saturated heterocycles. The Morgan fingerprint density at radius 1 is 1.69 bits per heavy atom. The molecule has 0 saturated carbocycles. The summed E-state index contributed by atoms with van der Waals surface area (Å²) < 4.78 is 0. The maximum Gasteiger partial charge on any atom is 0.208 e. The number of hydrogen-bond donors (Lipinski definition) is 2. The Morgan fingerprint density at radius 2 is 2.44 bits per heavy atom. The molecule has 7 heteroatoms. The van der Waals surface area contributed by atoms with Crippen molar-refractivity contribution in [3.63, 3.8) is 0 Å². The zero-order valence-corrected chi connectivity index (χ0v) is 10.3. The number of nitrogens with two attached hydrogens (primary N) is 1. The van der Waals surface area contributed by atoms with E-state index in [9.17, 15) is 0 Å². The Hall–Kier alpha value is -1.37. The van der Waals surface area contributed by atoms with Crippen LogP contribution >= 0.6 is 11.3 Å². The Labute approximate surface area is 98.8 Å². The van der Waals surface area contributed by atoms with Crippen LogP contribution in [0, 0.1) is 5.92 Å². The second kappa shape index (κ2) is 6.26. The van der Waals surface area contributed by atoms with Crippen LogP contribution < -0.4 is 10.6 Å². The first-order valence-corrected chi connectivity index (χ1v) is 5.99. The van der Waals surface area contributed by atoms with E-state index in [1.165, 1.54) is 11.3 Å². The molecule has 3 N–H and O–H groups in total. The van der Waals surface area contributed by atoms with Gasteiger partial charge >= 0.3 is 0 Å². The molecule has 1 aromatic rings. The molecule has 6 nitrogen and oxygen atoms in total. The Kier molecular flexibility index (Phi) is 4.97. The van der Waals surface area contributed by atoms with Crippen molar-refractivity contribution in [2.75, 3.05) is 18.0 Å². The van der Waals surface area contributed by atoms with Gasteiger partial charge in [0.15, 0.2) is 0 Å². The molecule has 0 atom stereocenters. The molecule has 0 unspecified atom stereocenters. The van der Waals surface area contributed by atoms with Crippen molar-refractivity contribution in [3.8, 4) is 0 Å². The minimum atomic E-state index is 0.235. The predicted octanol–water partition coefficient (Wildman–Crippen LogP) is 1.14. The lowest BCUT2D eigenvalue weighted by molar-refractivity contribution is 0.317. The molecule has 1 heterocycles. The van der Waals surface area contributed by atoms with E-state index in [0.29, 0.717) is 18.9 Å². The van der Waals surface area contributed by atoms with Crippen LogP contribution in [0.3, 0.4) is 0 Å². The smallest absolute Gasteiger partial charge is 0.208 e. The number of anilines is 1. The SMILES string of the molecule is CC(C)CN(CCC(N)=NO)c1nncs1. The fourth-order valence-electron chi connectivity index (χ4n) is 1.31. The standard InChI is InChI=1S/C9H17N5OS/c1-7(2)5-14(4-3-8(10)13-15)9-12-11-6-16-9/h6-7,15H,3-5H2,1-2H3,(H2,10,13). The summed E-state index contributed by atoms with van der Waals surface area (Å²) in [4.78, 5) is 2.10. The second-order valence-corrected chi connectivity index (χ2v) is 4.71. The average molecular weight is 243 g/mol. The summed E-state index contributed by atoms with van der Waals surface area (Å²) in [6.45, 7) is 5.84. The molecular formula is C9H17N5OS. The Morgan fingerprint density at radius 3 is 2.94 bits per heavy atom. The van der Waals surface area contributed by atoms with E-state index in [0.717, 1.165) is 11.7 Å². The summed E-state index contributed by atoms with van der Waals surface area (Å²) in [5.41, 5.74) is 7.15. The molecule has 16 heavy (non-hydrogen) atoms. The maximum absolute atomic E-state index is 8.48.